The van der Waals surface area contributed by atoms with Crippen molar-refractivity contribution < 1.29 is 4.79 Å². The molecule has 5 heteroatoms. The summed E-state index contributed by atoms with van der Waals surface area (Å²) in [6.07, 6.45) is 5.25. The Balaban J connectivity index is 2.47. The highest BCUT2D eigenvalue weighted by Gasteiger charge is 2.17. The highest BCUT2D eigenvalue weighted by molar-refractivity contribution is 5.99. The van der Waals surface area contributed by atoms with Crippen LogP contribution in [0.1, 0.15) is 13.3 Å². The Morgan fingerprint density at radius 1 is 1.28 bits per heavy atom. The average molecular weight is 242 g/mol. The second-order valence-electron chi connectivity index (χ2n) is 3.74. The van der Waals surface area contributed by atoms with Crippen molar-refractivity contribution in [3.8, 4) is 0 Å². The van der Waals surface area contributed by atoms with Crippen LogP contribution in [0.2, 0.25) is 0 Å². The number of carbonyl (C=O) groups excluding carboxylic acids is 1. The van der Waals surface area contributed by atoms with Crippen molar-refractivity contribution in [2.45, 2.75) is 13.3 Å². The summed E-state index contributed by atoms with van der Waals surface area (Å²) in [5, 5.41) is 0. The van der Waals surface area contributed by atoms with Crippen LogP contribution in [0.25, 0.3) is 0 Å². The van der Waals surface area contributed by atoms with E-state index in [4.69, 9.17) is 5.73 Å². The Morgan fingerprint density at radius 3 is 2.61 bits per heavy atom. The van der Waals surface area contributed by atoms with Gasteiger partial charge in [-0.25, -0.2) is 4.98 Å². The zero-order chi connectivity index (χ0) is 13.0. The lowest BCUT2D eigenvalue weighted by Crippen LogP contribution is -2.25. The molecule has 0 aromatic carbocycles. The smallest absolute Gasteiger partial charge is 0.232 e. The molecule has 0 fully saturated rings. The molecular weight excluding hydrogens is 228 g/mol. The molecule has 5 nitrogen and oxygen atoms in total. The lowest BCUT2D eigenvalue weighted by molar-refractivity contribution is -0.117. The zero-order valence-corrected chi connectivity index (χ0v) is 10.1. The molecule has 2 N–H and O–H groups in total. The summed E-state index contributed by atoms with van der Waals surface area (Å²) in [5.74, 6) is 0.479. The number of nitrogens with zero attached hydrogens (tertiary/aromatic N) is 3. The number of hydrogen-bond donors (Lipinski definition) is 1. The third-order valence-electron chi connectivity index (χ3n) is 2.47. The highest BCUT2D eigenvalue weighted by atomic mass is 16.2. The second-order valence-corrected chi connectivity index (χ2v) is 3.74. The fourth-order valence-corrected chi connectivity index (χ4v) is 1.61. The van der Waals surface area contributed by atoms with Crippen LogP contribution in [0.3, 0.4) is 0 Å². The third kappa shape index (κ3) is 2.45. The van der Waals surface area contributed by atoms with E-state index in [1.807, 2.05) is 6.92 Å². The zero-order valence-electron chi connectivity index (χ0n) is 10.1. The van der Waals surface area contributed by atoms with Gasteiger partial charge in [0.25, 0.3) is 0 Å². The summed E-state index contributed by atoms with van der Waals surface area (Å²) in [5.41, 5.74) is 7.03. The molecule has 0 atom stereocenters. The number of carbonyl (C=O) groups is 1. The Morgan fingerprint density at radius 2 is 2.00 bits per heavy atom. The van der Waals surface area contributed by atoms with Crippen molar-refractivity contribution in [3.63, 3.8) is 0 Å². The molecule has 0 aliphatic heterocycles. The van der Waals surface area contributed by atoms with Crippen LogP contribution < -0.4 is 10.6 Å². The van der Waals surface area contributed by atoms with Gasteiger partial charge in [0.1, 0.15) is 5.82 Å². The number of anilines is 3. The largest absolute Gasteiger partial charge is 0.399 e. The van der Waals surface area contributed by atoms with Crippen LogP contribution in [0.5, 0.6) is 0 Å². The Bertz CT molecular complexity index is 542. The number of nitrogen functional groups attached to an aromatic ring is 1. The summed E-state index contributed by atoms with van der Waals surface area (Å²) in [6, 6.07) is 6.88. The first-order chi connectivity index (χ1) is 8.72. The fourth-order valence-electron chi connectivity index (χ4n) is 1.61. The molecule has 0 saturated heterocycles. The van der Waals surface area contributed by atoms with Crippen LogP contribution in [0, 0.1) is 0 Å². The van der Waals surface area contributed by atoms with Crippen molar-refractivity contribution >= 4 is 23.1 Å². The van der Waals surface area contributed by atoms with Gasteiger partial charge >= 0.3 is 0 Å². The maximum atomic E-state index is 12.0. The number of pyridine rings is 2. The van der Waals surface area contributed by atoms with Gasteiger partial charge in [-0.2, -0.15) is 0 Å². The second kappa shape index (κ2) is 5.27. The Kier molecular flexibility index (Phi) is 3.52. The maximum Gasteiger partial charge on any atom is 0.232 e. The molecule has 2 heterocycles. The van der Waals surface area contributed by atoms with Gasteiger partial charge < -0.3 is 5.73 Å². The van der Waals surface area contributed by atoms with Crippen molar-refractivity contribution in [2.75, 3.05) is 10.6 Å². The van der Waals surface area contributed by atoms with Crippen molar-refractivity contribution in [1.29, 1.82) is 0 Å². The first-order valence-corrected chi connectivity index (χ1v) is 5.67. The van der Waals surface area contributed by atoms with Gasteiger partial charge in [-0.15, -0.1) is 0 Å². The molecule has 92 valence electrons. The predicted octanol–water partition coefficient (Wildman–Crippen LogP) is 2.13. The molecule has 0 radical (unpaired) electrons. The van der Waals surface area contributed by atoms with E-state index in [0.717, 1.165) is 5.69 Å². The first-order valence-electron chi connectivity index (χ1n) is 5.67. The molecule has 2 rings (SSSR count). The van der Waals surface area contributed by atoms with Gasteiger partial charge in [0.05, 0.1) is 5.69 Å². The quantitative estimate of drug-likeness (QED) is 0.894. The lowest BCUT2D eigenvalue weighted by Gasteiger charge is -2.21. The Labute approximate surface area is 105 Å². The van der Waals surface area contributed by atoms with Gasteiger partial charge in [0, 0.05) is 36.8 Å². The molecule has 0 saturated carbocycles. The van der Waals surface area contributed by atoms with Gasteiger partial charge in [-0.1, -0.05) is 6.92 Å². The highest BCUT2D eigenvalue weighted by Crippen LogP contribution is 2.24. The van der Waals surface area contributed by atoms with E-state index in [2.05, 4.69) is 9.97 Å². The molecule has 2 aromatic heterocycles. The summed E-state index contributed by atoms with van der Waals surface area (Å²) in [7, 11) is 0. The third-order valence-corrected chi connectivity index (χ3v) is 2.47. The average Bonchev–Trinajstić information content (AvgIpc) is 2.40. The van der Waals surface area contributed by atoms with Crippen LogP contribution >= 0.6 is 0 Å². The normalized spacial score (nSPS) is 10.1. The minimum absolute atomic E-state index is 0.0423. The van der Waals surface area contributed by atoms with E-state index >= 15 is 0 Å². The summed E-state index contributed by atoms with van der Waals surface area (Å²) < 4.78 is 0. The monoisotopic (exact) mass is 242 g/mol. The van der Waals surface area contributed by atoms with Gasteiger partial charge in [-0.3, -0.25) is 14.7 Å². The molecule has 0 aliphatic rings. The SMILES string of the molecule is CCC(=O)N(c1ccncc1)c1cc(N)ccn1. The Hall–Kier alpha value is -2.43. The number of amides is 1. The molecule has 0 spiro atoms. The molecule has 0 aliphatic carbocycles. The van der Waals surface area contributed by atoms with Crippen LogP contribution in [-0.4, -0.2) is 15.9 Å². The van der Waals surface area contributed by atoms with Crippen molar-refractivity contribution in [3.05, 3.63) is 42.9 Å². The van der Waals surface area contributed by atoms with E-state index < -0.39 is 0 Å². The summed E-state index contributed by atoms with van der Waals surface area (Å²) in [4.78, 5) is 21.7. The van der Waals surface area contributed by atoms with Gasteiger partial charge in [0.15, 0.2) is 0 Å². The van der Waals surface area contributed by atoms with Gasteiger partial charge in [0.2, 0.25) is 5.91 Å². The summed E-state index contributed by atoms with van der Waals surface area (Å²) in [6.45, 7) is 1.81. The van der Waals surface area contributed by atoms with E-state index in [1.165, 1.54) is 4.90 Å². The van der Waals surface area contributed by atoms with E-state index in [-0.39, 0.29) is 5.91 Å². The van der Waals surface area contributed by atoms with Crippen molar-refractivity contribution in [2.24, 2.45) is 0 Å². The molecular formula is C13H14N4O. The maximum absolute atomic E-state index is 12.0. The predicted molar refractivity (Wildman–Crippen MR) is 70.3 cm³/mol. The van der Waals surface area contributed by atoms with E-state index in [9.17, 15) is 4.79 Å². The molecule has 2 aromatic rings. The van der Waals surface area contributed by atoms with Crippen LogP contribution in [-0.2, 0) is 4.79 Å². The minimum Gasteiger partial charge on any atom is -0.399 e. The topological polar surface area (TPSA) is 72.1 Å². The standard InChI is InChI=1S/C13H14N4O/c1-2-13(18)17(11-4-6-15-7-5-11)12-9-10(14)3-8-16-12/h3-9H,2H2,1H3,(H2,14,16). The molecule has 0 unspecified atom stereocenters. The van der Waals surface area contributed by atoms with Crippen molar-refractivity contribution in [1.82, 2.24) is 9.97 Å². The lowest BCUT2D eigenvalue weighted by atomic mass is 10.3. The number of hydrogen-bond acceptors (Lipinski definition) is 4. The minimum atomic E-state index is -0.0423. The number of aromatic nitrogens is 2. The fraction of sp³-hybridized carbons (Fsp3) is 0.154. The molecule has 0 bridgehead atoms. The van der Waals surface area contributed by atoms with Gasteiger partial charge in [-0.05, 0) is 18.2 Å². The van der Waals surface area contributed by atoms with E-state index in [0.29, 0.717) is 17.9 Å². The molecule has 1 amide bonds. The number of nitrogens with two attached hydrogens (primary N) is 1. The number of rotatable bonds is 3. The summed E-state index contributed by atoms with van der Waals surface area (Å²) >= 11 is 0. The first kappa shape index (κ1) is 12.0. The van der Waals surface area contributed by atoms with Crippen LogP contribution in [0.4, 0.5) is 17.2 Å². The molecule has 18 heavy (non-hydrogen) atoms. The van der Waals surface area contributed by atoms with Crippen LogP contribution in [0.15, 0.2) is 42.9 Å². The van der Waals surface area contributed by atoms with E-state index in [1.54, 1.807) is 42.9 Å².